The number of nitrogens with zero attached hydrogens (tertiary/aromatic N) is 1. The van der Waals surface area contributed by atoms with Crippen LogP contribution in [0.4, 0.5) is 0 Å². The molecule has 106 valence electrons. The van der Waals surface area contributed by atoms with Crippen molar-refractivity contribution in [2.75, 3.05) is 20.8 Å². The van der Waals surface area contributed by atoms with E-state index in [-0.39, 0.29) is 5.91 Å². The Kier molecular flexibility index (Phi) is 4.67. The highest BCUT2D eigenvalue weighted by molar-refractivity contribution is 8.26. The fourth-order valence-corrected chi connectivity index (χ4v) is 3.25. The molecule has 0 spiro atoms. The van der Waals surface area contributed by atoms with Crippen LogP contribution in [0, 0.1) is 0 Å². The van der Waals surface area contributed by atoms with Crippen molar-refractivity contribution < 1.29 is 14.3 Å². The number of rotatable bonds is 4. The van der Waals surface area contributed by atoms with Gasteiger partial charge in [0.25, 0.3) is 5.91 Å². The van der Waals surface area contributed by atoms with Gasteiger partial charge in [-0.2, -0.15) is 0 Å². The summed E-state index contributed by atoms with van der Waals surface area (Å²) in [6, 6.07) is 5.52. The molecule has 1 fully saturated rings. The van der Waals surface area contributed by atoms with E-state index in [4.69, 9.17) is 21.7 Å². The van der Waals surface area contributed by atoms with Crippen LogP contribution >= 0.6 is 24.0 Å². The molecule has 1 heterocycles. The topological polar surface area (TPSA) is 38.8 Å². The number of hydrogen-bond donors (Lipinski definition) is 0. The van der Waals surface area contributed by atoms with Crippen LogP contribution in [0.3, 0.4) is 0 Å². The first-order valence-electron chi connectivity index (χ1n) is 6.08. The number of carbonyl (C=O) groups excluding carboxylic acids is 1. The second-order valence-corrected chi connectivity index (χ2v) is 5.72. The lowest BCUT2D eigenvalue weighted by Gasteiger charge is -2.09. The lowest BCUT2D eigenvalue weighted by atomic mass is 10.2. The zero-order valence-corrected chi connectivity index (χ0v) is 13.1. The van der Waals surface area contributed by atoms with Gasteiger partial charge in [-0.1, -0.05) is 30.0 Å². The standard InChI is InChI=1S/C14H15NO3S2/c1-4-15-13(16)12(20-14(15)19)8-9-5-6-10(17-2)11(7-9)18-3/h5-8H,4H2,1-3H3/b12-8-. The van der Waals surface area contributed by atoms with Crippen LogP contribution in [-0.4, -0.2) is 35.9 Å². The molecule has 0 atom stereocenters. The van der Waals surface area contributed by atoms with Gasteiger partial charge in [-0.3, -0.25) is 9.69 Å². The van der Waals surface area contributed by atoms with E-state index in [1.807, 2.05) is 31.2 Å². The summed E-state index contributed by atoms with van der Waals surface area (Å²) in [5.74, 6) is 1.25. The molecule has 0 bridgehead atoms. The molecule has 1 amide bonds. The van der Waals surface area contributed by atoms with Crippen molar-refractivity contribution in [3.05, 3.63) is 28.7 Å². The van der Waals surface area contributed by atoms with Crippen molar-refractivity contribution in [2.45, 2.75) is 6.92 Å². The molecule has 1 aromatic carbocycles. The highest BCUT2D eigenvalue weighted by atomic mass is 32.2. The van der Waals surface area contributed by atoms with Crippen molar-refractivity contribution in [3.8, 4) is 11.5 Å². The van der Waals surface area contributed by atoms with Crippen LogP contribution in [0.1, 0.15) is 12.5 Å². The van der Waals surface area contributed by atoms with Crippen molar-refractivity contribution >= 4 is 40.3 Å². The Morgan fingerprint density at radius 3 is 2.55 bits per heavy atom. The molecular formula is C14H15NO3S2. The number of thiocarbonyl (C=S) groups is 1. The van der Waals surface area contributed by atoms with Gasteiger partial charge in [0.05, 0.1) is 19.1 Å². The second-order valence-electron chi connectivity index (χ2n) is 4.04. The summed E-state index contributed by atoms with van der Waals surface area (Å²) < 4.78 is 11.0. The van der Waals surface area contributed by atoms with E-state index < -0.39 is 0 Å². The molecule has 0 radical (unpaired) electrons. The molecule has 0 saturated carbocycles. The van der Waals surface area contributed by atoms with E-state index in [1.54, 1.807) is 19.1 Å². The highest BCUT2D eigenvalue weighted by Crippen LogP contribution is 2.34. The molecule has 2 rings (SSSR count). The number of methoxy groups -OCH3 is 2. The summed E-state index contributed by atoms with van der Waals surface area (Å²) in [6.07, 6.45) is 1.82. The number of carbonyl (C=O) groups is 1. The Morgan fingerprint density at radius 1 is 1.30 bits per heavy atom. The quantitative estimate of drug-likeness (QED) is 0.631. The van der Waals surface area contributed by atoms with Gasteiger partial charge in [0.15, 0.2) is 11.5 Å². The summed E-state index contributed by atoms with van der Waals surface area (Å²) in [6.45, 7) is 2.50. The van der Waals surface area contributed by atoms with Crippen molar-refractivity contribution in [2.24, 2.45) is 0 Å². The fraction of sp³-hybridized carbons (Fsp3) is 0.286. The lowest BCUT2D eigenvalue weighted by Crippen LogP contribution is -2.27. The van der Waals surface area contributed by atoms with Gasteiger partial charge in [0.2, 0.25) is 0 Å². The summed E-state index contributed by atoms with van der Waals surface area (Å²) >= 11 is 6.50. The smallest absolute Gasteiger partial charge is 0.266 e. The van der Waals surface area contributed by atoms with Crippen LogP contribution in [0.25, 0.3) is 6.08 Å². The van der Waals surface area contributed by atoms with E-state index >= 15 is 0 Å². The van der Waals surface area contributed by atoms with Gasteiger partial charge >= 0.3 is 0 Å². The van der Waals surface area contributed by atoms with Gasteiger partial charge in [-0.25, -0.2) is 0 Å². The van der Waals surface area contributed by atoms with Crippen LogP contribution in [-0.2, 0) is 4.79 Å². The van der Waals surface area contributed by atoms with E-state index in [2.05, 4.69) is 0 Å². The predicted octanol–water partition coefficient (Wildman–Crippen LogP) is 2.92. The molecule has 0 unspecified atom stereocenters. The SMILES string of the molecule is CCN1C(=O)/C(=C/c2ccc(OC)c(OC)c2)SC1=S. The number of benzene rings is 1. The number of ether oxygens (including phenoxy) is 2. The first kappa shape index (κ1) is 14.9. The Morgan fingerprint density at radius 2 is 2.00 bits per heavy atom. The van der Waals surface area contributed by atoms with Gasteiger partial charge in [0.1, 0.15) is 4.32 Å². The van der Waals surface area contributed by atoms with Crippen LogP contribution in [0.15, 0.2) is 23.1 Å². The third kappa shape index (κ3) is 2.81. The van der Waals surface area contributed by atoms with E-state index in [0.29, 0.717) is 27.3 Å². The maximum atomic E-state index is 12.1. The Balaban J connectivity index is 2.32. The largest absolute Gasteiger partial charge is 0.493 e. The summed E-state index contributed by atoms with van der Waals surface area (Å²) in [4.78, 5) is 14.3. The second kappa shape index (κ2) is 6.28. The van der Waals surface area contributed by atoms with Crippen LogP contribution in [0.2, 0.25) is 0 Å². The molecular weight excluding hydrogens is 294 g/mol. The van der Waals surface area contributed by atoms with Gasteiger partial charge in [0, 0.05) is 6.54 Å². The minimum absolute atomic E-state index is 0.0442. The minimum Gasteiger partial charge on any atom is -0.493 e. The molecule has 20 heavy (non-hydrogen) atoms. The predicted molar refractivity (Wildman–Crippen MR) is 85.1 cm³/mol. The Labute approximate surface area is 127 Å². The normalized spacial score (nSPS) is 16.9. The lowest BCUT2D eigenvalue weighted by molar-refractivity contribution is -0.121. The summed E-state index contributed by atoms with van der Waals surface area (Å²) in [7, 11) is 3.17. The van der Waals surface area contributed by atoms with E-state index in [9.17, 15) is 4.79 Å². The zero-order chi connectivity index (χ0) is 14.7. The zero-order valence-electron chi connectivity index (χ0n) is 11.5. The third-order valence-corrected chi connectivity index (χ3v) is 4.27. The third-order valence-electron chi connectivity index (χ3n) is 2.90. The number of amides is 1. The van der Waals surface area contributed by atoms with Crippen molar-refractivity contribution in [3.63, 3.8) is 0 Å². The molecule has 4 nitrogen and oxygen atoms in total. The maximum absolute atomic E-state index is 12.1. The maximum Gasteiger partial charge on any atom is 0.266 e. The fourth-order valence-electron chi connectivity index (χ4n) is 1.87. The molecule has 1 aliphatic heterocycles. The molecule has 6 heteroatoms. The number of hydrogen-bond acceptors (Lipinski definition) is 5. The Hall–Kier alpha value is -1.53. The van der Waals surface area contributed by atoms with Crippen molar-refractivity contribution in [1.82, 2.24) is 4.90 Å². The summed E-state index contributed by atoms with van der Waals surface area (Å²) in [5, 5.41) is 0. The van der Waals surface area contributed by atoms with Crippen LogP contribution in [0.5, 0.6) is 11.5 Å². The molecule has 0 aliphatic carbocycles. The van der Waals surface area contributed by atoms with Gasteiger partial charge in [-0.05, 0) is 30.7 Å². The molecule has 0 aromatic heterocycles. The average Bonchev–Trinajstić information content (AvgIpc) is 2.72. The molecule has 1 aromatic rings. The highest BCUT2D eigenvalue weighted by Gasteiger charge is 2.30. The number of thioether (sulfide) groups is 1. The minimum atomic E-state index is -0.0442. The Bertz CT molecular complexity index is 584. The first-order valence-corrected chi connectivity index (χ1v) is 7.30. The van der Waals surface area contributed by atoms with Crippen molar-refractivity contribution in [1.29, 1.82) is 0 Å². The van der Waals surface area contributed by atoms with Gasteiger partial charge < -0.3 is 9.47 Å². The average molecular weight is 309 g/mol. The number of likely N-dealkylation sites (N-methyl/N-ethyl adjacent to an activating group) is 1. The molecule has 1 aliphatic rings. The molecule has 0 N–H and O–H groups in total. The van der Waals surface area contributed by atoms with E-state index in [0.717, 1.165) is 5.56 Å². The summed E-state index contributed by atoms with van der Waals surface area (Å²) in [5.41, 5.74) is 0.874. The van der Waals surface area contributed by atoms with E-state index in [1.165, 1.54) is 11.8 Å². The van der Waals surface area contributed by atoms with Gasteiger partial charge in [-0.15, -0.1) is 0 Å². The van der Waals surface area contributed by atoms with Crippen LogP contribution < -0.4 is 9.47 Å². The first-order chi connectivity index (χ1) is 9.60. The monoisotopic (exact) mass is 309 g/mol. The molecule has 1 saturated heterocycles.